The zero-order valence-corrected chi connectivity index (χ0v) is 7.75. The van der Waals surface area contributed by atoms with E-state index in [9.17, 15) is 5.11 Å². The Bertz CT molecular complexity index is 125. The lowest BCUT2D eigenvalue weighted by molar-refractivity contribution is 0.122. The summed E-state index contributed by atoms with van der Waals surface area (Å²) in [4.78, 5) is 2.37. The Balaban J connectivity index is 2.34. The van der Waals surface area contributed by atoms with Crippen LogP contribution < -0.4 is 0 Å². The van der Waals surface area contributed by atoms with Crippen molar-refractivity contribution in [2.45, 2.75) is 39.3 Å². The molecule has 1 fully saturated rings. The molecule has 0 amide bonds. The molecule has 1 rings (SSSR count). The molecule has 2 nitrogen and oxygen atoms in total. The van der Waals surface area contributed by atoms with E-state index in [2.05, 4.69) is 18.7 Å². The molecule has 1 aliphatic rings. The van der Waals surface area contributed by atoms with Gasteiger partial charge in [-0.1, -0.05) is 6.92 Å². The molecule has 66 valence electrons. The van der Waals surface area contributed by atoms with Crippen molar-refractivity contribution >= 4 is 0 Å². The minimum atomic E-state index is -0.178. The Labute approximate surface area is 69.2 Å². The van der Waals surface area contributed by atoms with Crippen LogP contribution in [-0.2, 0) is 0 Å². The maximum absolute atomic E-state index is 9.18. The van der Waals surface area contributed by atoms with Gasteiger partial charge in [0, 0.05) is 19.1 Å². The third-order valence-electron chi connectivity index (χ3n) is 2.41. The van der Waals surface area contributed by atoms with Gasteiger partial charge in [0.05, 0.1) is 6.10 Å². The van der Waals surface area contributed by atoms with Crippen LogP contribution in [0.3, 0.4) is 0 Å². The molecule has 2 unspecified atom stereocenters. The Morgan fingerprint density at radius 1 is 1.55 bits per heavy atom. The Hall–Kier alpha value is -0.0800. The topological polar surface area (TPSA) is 23.5 Å². The molecule has 0 aromatic rings. The van der Waals surface area contributed by atoms with Crippen LogP contribution in [0.25, 0.3) is 0 Å². The van der Waals surface area contributed by atoms with Crippen molar-refractivity contribution in [3.05, 3.63) is 0 Å². The highest BCUT2D eigenvalue weighted by atomic mass is 16.3. The summed E-state index contributed by atoms with van der Waals surface area (Å²) in [6.45, 7) is 8.37. The van der Waals surface area contributed by atoms with Gasteiger partial charge >= 0.3 is 0 Å². The second-order valence-electron chi connectivity index (χ2n) is 3.99. The Kier molecular flexibility index (Phi) is 2.90. The number of hydrogen-bond donors (Lipinski definition) is 1. The fourth-order valence-electron chi connectivity index (χ4n) is 1.98. The molecular weight excluding hydrogens is 138 g/mol. The van der Waals surface area contributed by atoms with Gasteiger partial charge in [-0.2, -0.15) is 0 Å². The molecule has 0 aromatic carbocycles. The average Bonchev–Trinajstić information content (AvgIpc) is 2.09. The molecule has 0 aromatic heterocycles. The highest BCUT2D eigenvalue weighted by Crippen LogP contribution is 2.21. The molecule has 1 saturated heterocycles. The van der Waals surface area contributed by atoms with Gasteiger partial charge in [0.1, 0.15) is 0 Å². The van der Waals surface area contributed by atoms with E-state index in [1.807, 2.05) is 6.92 Å². The van der Waals surface area contributed by atoms with Crippen molar-refractivity contribution in [3.63, 3.8) is 0 Å². The summed E-state index contributed by atoms with van der Waals surface area (Å²) >= 11 is 0. The highest BCUT2D eigenvalue weighted by molar-refractivity contribution is 4.80. The van der Waals surface area contributed by atoms with E-state index in [1.54, 1.807) is 0 Å². The first kappa shape index (κ1) is 9.01. The smallest absolute Gasteiger partial charge is 0.0639 e. The van der Waals surface area contributed by atoms with E-state index in [4.69, 9.17) is 0 Å². The fourth-order valence-corrected chi connectivity index (χ4v) is 1.98. The molecule has 1 N–H and O–H groups in total. The van der Waals surface area contributed by atoms with Gasteiger partial charge < -0.3 is 5.11 Å². The van der Waals surface area contributed by atoms with Gasteiger partial charge in [0.15, 0.2) is 0 Å². The first-order valence-electron chi connectivity index (χ1n) is 4.51. The number of rotatable bonds is 2. The van der Waals surface area contributed by atoms with Gasteiger partial charge in [-0.25, -0.2) is 0 Å². The van der Waals surface area contributed by atoms with Crippen LogP contribution in [0.4, 0.5) is 0 Å². The van der Waals surface area contributed by atoms with Crippen LogP contribution in [0.15, 0.2) is 0 Å². The lowest BCUT2D eigenvalue weighted by atomic mass is 10.1. The van der Waals surface area contributed by atoms with Crippen LogP contribution in [-0.4, -0.2) is 35.2 Å². The standard InChI is InChI=1S/C9H19NO/c1-7-4-8(2)10(5-7)6-9(3)11/h7-9,11H,4-6H2,1-3H3/t7?,8?,9-/m0/s1. The van der Waals surface area contributed by atoms with Crippen molar-refractivity contribution < 1.29 is 5.11 Å². The van der Waals surface area contributed by atoms with E-state index in [-0.39, 0.29) is 6.10 Å². The van der Waals surface area contributed by atoms with E-state index < -0.39 is 0 Å². The summed E-state index contributed by atoms with van der Waals surface area (Å²) in [5.41, 5.74) is 0. The number of likely N-dealkylation sites (tertiary alicyclic amines) is 1. The number of aliphatic hydroxyl groups excluding tert-OH is 1. The summed E-state index contributed by atoms with van der Waals surface area (Å²) in [5, 5.41) is 9.18. The third kappa shape index (κ3) is 2.46. The van der Waals surface area contributed by atoms with Gasteiger partial charge in [-0.15, -0.1) is 0 Å². The molecule has 2 heteroatoms. The molecule has 1 heterocycles. The van der Waals surface area contributed by atoms with Gasteiger partial charge in [-0.05, 0) is 26.2 Å². The molecular formula is C9H19NO. The zero-order chi connectivity index (χ0) is 8.43. The third-order valence-corrected chi connectivity index (χ3v) is 2.41. The molecule has 11 heavy (non-hydrogen) atoms. The van der Waals surface area contributed by atoms with Crippen LogP contribution >= 0.6 is 0 Å². The van der Waals surface area contributed by atoms with Crippen LogP contribution in [0, 0.1) is 5.92 Å². The first-order chi connectivity index (χ1) is 5.09. The maximum atomic E-state index is 9.18. The number of nitrogens with zero attached hydrogens (tertiary/aromatic N) is 1. The van der Waals surface area contributed by atoms with Crippen LogP contribution in [0.1, 0.15) is 27.2 Å². The summed E-state index contributed by atoms with van der Waals surface area (Å²) in [6.07, 6.45) is 1.11. The fraction of sp³-hybridized carbons (Fsp3) is 1.00. The van der Waals surface area contributed by atoms with Crippen molar-refractivity contribution in [1.29, 1.82) is 0 Å². The molecule has 0 spiro atoms. The first-order valence-corrected chi connectivity index (χ1v) is 4.51. The van der Waals surface area contributed by atoms with E-state index >= 15 is 0 Å². The van der Waals surface area contributed by atoms with Crippen molar-refractivity contribution in [2.75, 3.05) is 13.1 Å². The SMILES string of the molecule is CC1CC(C)N(C[C@H](C)O)C1. The summed E-state index contributed by atoms with van der Waals surface area (Å²) < 4.78 is 0. The number of hydrogen-bond acceptors (Lipinski definition) is 2. The van der Waals surface area contributed by atoms with Crippen molar-refractivity contribution in [1.82, 2.24) is 4.90 Å². The highest BCUT2D eigenvalue weighted by Gasteiger charge is 2.26. The zero-order valence-electron chi connectivity index (χ0n) is 7.75. The largest absolute Gasteiger partial charge is 0.392 e. The second-order valence-corrected chi connectivity index (χ2v) is 3.99. The summed E-state index contributed by atoms with van der Waals surface area (Å²) in [5.74, 6) is 0.809. The van der Waals surface area contributed by atoms with Crippen molar-refractivity contribution in [3.8, 4) is 0 Å². The average molecular weight is 157 g/mol. The lowest BCUT2D eigenvalue weighted by Gasteiger charge is -2.22. The minimum absolute atomic E-state index is 0.178. The van der Waals surface area contributed by atoms with Gasteiger partial charge in [0.25, 0.3) is 0 Å². The molecule has 0 aliphatic carbocycles. The predicted molar refractivity (Wildman–Crippen MR) is 46.5 cm³/mol. The van der Waals surface area contributed by atoms with Gasteiger partial charge in [-0.3, -0.25) is 4.90 Å². The number of β-amino-alcohol motifs (C(OH)–C–C–N with tert-alkyl or cyclic N) is 1. The predicted octanol–water partition coefficient (Wildman–Crippen LogP) is 1.10. The van der Waals surface area contributed by atoms with Crippen molar-refractivity contribution in [2.24, 2.45) is 5.92 Å². The molecule has 3 atom stereocenters. The Morgan fingerprint density at radius 3 is 2.55 bits per heavy atom. The quantitative estimate of drug-likeness (QED) is 0.649. The van der Waals surface area contributed by atoms with E-state index in [1.165, 1.54) is 6.42 Å². The van der Waals surface area contributed by atoms with E-state index in [0.717, 1.165) is 19.0 Å². The van der Waals surface area contributed by atoms with Crippen LogP contribution in [0.5, 0.6) is 0 Å². The van der Waals surface area contributed by atoms with Gasteiger partial charge in [0.2, 0.25) is 0 Å². The number of aliphatic hydroxyl groups is 1. The van der Waals surface area contributed by atoms with Crippen LogP contribution in [0.2, 0.25) is 0 Å². The monoisotopic (exact) mass is 157 g/mol. The second kappa shape index (κ2) is 3.55. The molecule has 1 aliphatic heterocycles. The normalized spacial score (nSPS) is 36.0. The lowest BCUT2D eigenvalue weighted by Crippen LogP contribution is -2.33. The summed E-state index contributed by atoms with van der Waals surface area (Å²) in [6, 6.07) is 0.666. The Morgan fingerprint density at radius 2 is 2.18 bits per heavy atom. The molecule has 0 saturated carbocycles. The summed E-state index contributed by atoms with van der Waals surface area (Å²) in [7, 11) is 0. The maximum Gasteiger partial charge on any atom is 0.0639 e. The molecule has 0 radical (unpaired) electrons. The molecule has 0 bridgehead atoms. The van der Waals surface area contributed by atoms with E-state index in [0.29, 0.717) is 6.04 Å². The minimum Gasteiger partial charge on any atom is -0.392 e.